The van der Waals surface area contributed by atoms with Gasteiger partial charge in [0.05, 0.1) is 17.4 Å². The lowest BCUT2D eigenvalue weighted by Crippen LogP contribution is -2.43. The van der Waals surface area contributed by atoms with E-state index in [1.54, 1.807) is 0 Å². The van der Waals surface area contributed by atoms with Crippen molar-refractivity contribution in [1.29, 1.82) is 0 Å². The molecule has 1 aliphatic carbocycles. The number of ether oxygens (including phenoxy) is 2. The van der Waals surface area contributed by atoms with Gasteiger partial charge in [-0.2, -0.15) is 13.2 Å². The Morgan fingerprint density at radius 3 is 2.64 bits per heavy atom. The van der Waals surface area contributed by atoms with Crippen LogP contribution in [0.25, 0.3) is 0 Å². The fourth-order valence-electron chi connectivity index (χ4n) is 5.27. The molecule has 0 radical (unpaired) electrons. The van der Waals surface area contributed by atoms with Crippen LogP contribution in [0.4, 0.5) is 13.2 Å². The third kappa shape index (κ3) is 3.97. The third-order valence-corrected chi connectivity index (χ3v) is 7.24. The minimum atomic E-state index is -4.11. The van der Waals surface area contributed by atoms with Crippen molar-refractivity contribution in [2.45, 2.75) is 76.4 Å². The van der Waals surface area contributed by atoms with E-state index in [2.05, 4.69) is 19.9 Å². The maximum Gasteiger partial charge on any atom is 0.391 e. The van der Waals surface area contributed by atoms with Crippen molar-refractivity contribution >= 4 is 5.97 Å². The molecule has 0 unspecified atom stereocenters. The van der Waals surface area contributed by atoms with Gasteiger partial charge in [-0.05, 0) is 65.5 Å². The molecular formula is C21H30F3NO3. The number of nitrogens with zero attached hydrogens (tertiary/aromatic N) is 1. The molecule has 3 fully saturated rings. The average Bonchev–Trinajstić information content (AvgIpc) is 3.20. The number of likely N-dealkylation sites (tertiary alicyclic amines) is 1. The Morgan fingerprint density at radius 1 is 1.25 bits per heavy atom. The van der Waals surface area contributed by atoms with Crippen molar-refractivity contribution in [3.8, 4) is 0 Å². The number of carbonyl (C=O) groups is 1. The van der Waals surface area contributed by atoms with Crippen LogP contribution >= 0.6 is 0 Å². The lowest BCUT2D eigenvalue weighted by Gasteiger charge is -2.34. The quantitative estimate of drug-likeness (QED) is 0.397. The van der Waals surface area contributed by atoms with Gasteiger partial charge in [0.1, 0.15) is 12.2 Å². The number of halogens is 3. The van der Waals surface area contributed by atoms with Crippen LogP contribution in [0, 0.1) is 17.8 Å². The highest BCUT2D eigenvalue weighted by Gasteiger charge is 2.62. The molecule has 0 aromatic heterocycles. The summed E-state index contributed by atoms with van der Waals surface area (Å²) in [5.41, 5.74) is 1.10. The third-order valence-electron chi connectivity index (χ3n) is 7.24. The maximum atomic E-state index is 12.9. The summed E-state index contributed by atoms with van der Waals surface area (Å²) >= 11 is 0. The van der Waals surface area contributed by atoms with Gasteiger partial charge in [-0.15, -0.1) is 0 Å². The second-order valence-electron chi connectivity index (χ2n) is 9.27. The fourth-order valence-corrected chi connectivity index (χ4v) is 5.27. The van der Waals surface area contributed by atoms with Crippen molar-refractivity contribution in [3.05, 3.63) is 11.6 Å². The molecule has 0 aromatic carbocycles. The molecule has 3 heterocycles. The molecule has 3 aliphatic heterocycles. The molecule has 3 saturated heterocycles. The number of piperidine rings is 1. The van der Waals surface area contributed by atoms with E-state index in [0.717, 1.165) is 25.7 Å². The van der Waals surface area contributed by atoms with Gasteiger partial charge in [-0.1, -0.05) is 11.6 Å². The summed E-state index contributed by atoms with van der Waals surface area (Å²) in [4.78, 5) is 14.7. The number of carbonyl (C=O) groups excluding carboxylic acids is 1. The molecular weight excluding hydrogens is 371 g/mol. The van der Waals surface area contributed by atoms with E-state index < -0.39 is 12.1 Å². The summed E-state index contributed by atoms with van der Waals surface area (Å²) < 4.78 is 50.5. The number of alkyl halides is 3. The Bertz CT molecular complexity index is 641. The van der Waals surface area contributed by atoms with Crippen LogP contribution in [0.5, 0.6) is 0 Å². The number of rotatable bonds is 2. The molecule has 0 saturated carbocycles. The van der Waals surface area contributed by atoms with Crippen molar-refractivity contribution in [1.82, 2.24) is 4.90 Å². The SMILES string of the molecule is CC1=CCC[C@@]2(C)O[C@@H]2[C@H]2OC(=O)[C@@H](CN3CCC(C(F)(F)F)CC3)[C@@H]2CC1. The monoisotopic (exact) mass is 401 g/mol. The zero-order valence-corrected chi connectivity index (χ0v) is 16.6. The molecule has 4 aliphatic rings. The Hall–Kier alpha value is -1.08. The van der Waals surface area contributed by atoms with E-state index in [4.69, 9.17) is 9.47 Å². The van der Waals surface area contributed by atoms with E-state index in [1.807, 2.05) is 4.90 Å². The summed E-state index contributed by atoms with van der Waals surface area (Å²) in [6, 6.07) is 0. The summed E-state index contributed by atoms with van der Waals surface area (Å²) in [5.74, 6) is -1.62. The Labute approximate surface area is 164 Å². The topological polar surface area (TPSA) is 42.1 Å². The van der Waals surface area contributed by atoms with Crippen LogP contribution in [0.2, 0.25) is 0 Å². The van der Waals surface area contributed by atoms with E-state index in [1.165, 1.54) is 5.57 Å². The standard InChI is InChI=1S/C21H30F3NO3/c1-13-4-3-9-20(2)18(28-20)17-15(6-5-13)16(19(26)27-17)12-25-10-7-14(8-11-25)21(22,23)24/h4,14-18H,3,5-12H2,1-2H3/t15-,16-,17-,18+,20+/m0/s1. The van der Waals surface area contributed by atoms with Crippen molar-refractivity contribution in [3.63, 3.8) is 0 Å². The highest BCUT2D eigenvalue weighted by atomic mass is 19.4. The number of hydrogen-bond acceptors (Lipinski definition) is 4. The zero-order chi connectivity index (χ0) is 20.1. The Kier molecular flexibility index (Phi) is 5.28. The lowest BCUT2D eigenvalue weighted by molar-refractivity contribution is -0.185. The highest BCUT2D eigenvalue weighted by Crippen LogP contribution is 2.50. The van der Waals surface area contributed by atoms with E-state index >= 15 is 0 Å². The predicted octanol–water partition coefficient (Wildman–Crippen LogP) is 4.10. The van der Waals surface area contributed by atoms with Gasteiger partial charge in [0.25, 0.3) is 0 Å². The summed E-state index contributed by atoms with van der Waals surface area (Å²) in [7, 11) is 0. The van der Waals surface area contributed by atoms with Crippen LogP contribution < -0.4 is 0 Å². The molecule has 28 heavy (non-hydrogen) atoms. The number of esters is 1. The van der Waals surface area contributed by atoms with Gasteiger partial charge in [-0.25, -0.2) is 0 Å². The van der Waals surface area contributed by atoms with Crippen LogP contribution in [-0.2, 0) is 14.3 Å². The number of allylic oxidation sites excluding steroid dienone is 2. The van der Waals surface area contributed by atoms with Crippen molar-refractivity contribution < 1.29 is 27.4 Å². The average molecular weight is 401 g/mol. The van der Waals surface area contributed by atoms with Gasteiger partial charge in [0.15, 0.2) is 0 Å². The van der Waals surface area contributed by atoms with Gasteiger partial charge >= 0.3 is 12.1 Å². The molecule has 0 amide bonds. The molecule has 0 bridgehead atoms. The van der Waals surface area contributed by atoms with E-state index in [9.17, 15) is 18.0 Å². The molecule has 4 nitrogen and oxygen atoms in total. The zero-order valence-electron chi connectivity index (χ0n) is 16.6. The molecule has 158 valence electrons. The second-order valence-corrected chi connectivity index (χ2v) is 9.27. The number of fused-ring (bicyclic) bond motifs is 3. The normalized spacial score (nSPS) is 40.3. The van der Waals surface area contributed by atoms with Gasteiger partial charge in [0.2, 0.25) is 0 Å². The number of epoxide rings is 1. The predicted molar refractivity (Wildman–Crippen MR) is 97.6 cm³/mol. The second kappa shape index (κ2) is 7.31. The minimum Gasteiger partial charge on any atom is -0.459 e. The fraction of sp³-hybridized carbons (Fsp3) is 0.857. The highest BCUT2D eigenvalue weighted by molar-refractivity contribution is 5.75. The van der Waals surface area contributed by atoms with Crippen molar-refractivity contribution in [2.24, 2.45) is 17.8 Å². The van der Waals surface area contributed by atoms with Crippen LogP contribution in [0.3, 0.4) is 0 Å². The Balaban J connectivity index is 1.44. The van der Waals surface area contributed by atoms with E-state index in [0.29, 0.717) is 19.6 Å². The minimum absolute atomic E-state index is 0.0470. The van der Waals surface area contributed by atoms with E-state index in [-0.39, 0.29) is 48.5 Å². The smallest absolute Gasteiger partial charge is 0.391 e. The summed E-state index contributed by atoms with van der Waals surface area (Å²) in [6.07, 6.45) is 1.79. The molecule has 7 heteroatoms. The Morgan fingerprint density at radius 2 is 1.96 bits per heavy atom. The largest absolute Gasteiger partial charge is 0.459 e. The molecule has 5 atom stereocenters. The van der Waals surface area contributed by atoms with Crippen molar-refractivity contribution in [2.75, 3.05) is 19.6 Å². The number of hydrogen-bond donors (Lipinski definition) is 0. The molecule has 0 aromatic rings. The first kappa shape index (κ1) is 20.2. The molecule has 4 rings (SSSR count). The first-order chi connectivity index (χ1) is 13.2. The molecule has 0 spiro atoms. The van der Waals surface area contributed by atoms with Gasteiger partial charge in [0, 0.05) is 12.5 Å². The maximum absolute atomic E-state index is 12.9. The van der Waals surface area contributed by atoms with Crippen LogP contribution in [0.15, 0.2) is 11.6 Å². The summed E-state index contributed by atoms with van der Waals surface area (Å²) in [5, 5.41) is 0. The molecule has 0 N–H and O–H groups in total. The lowest BCUT2D eigenvalue weighted by atomic mass is 9.80. The first-order valence-corrected chi connectivity index (χ1v) is 10.5. The van der Waals surface area contributed by atoms with Crippen LogP contribution in [-0.4, -0.2) is 54.5 Å². The first-order valence-electron chi connectivity index (χ1n) is 10.5. The van der Waals surface area contributed by atoms with Gasteiger partial charge < -0.3 is 14.4 Å². The van der Waals surface area contributed by atoms with Gasteiger partial charge in [-0.3, -0.25) is 4.79 Å². The van der Waals surface area contributed by atoms with Crippen LogP contribution in [0.1, 0.15) is 52.4 Å². The summed E-state index contributed by atoms with van der Waals surface area (Å²) in [6.45, 7) is 5.49.